The van der Waals surface area contributed by atoms with Crippen molar-refractivity contribution in [1.82, 2.24) is 0 Å². The molecule has 0 spiro atoms. The Morgan fingerprint density at radius 2 is 0.977 bits per heavy atom. The molecule has 10 heteroatoms. The van der Waals surface area contributed by atoms with Gasteiger partial charge in [-0.05, 0) is 53.4 Å². The molecule has 0 N–H and O–H groups in total. The van der Waals surface area contributed by atoms with E-state index in [1.807, 2.05) is 41.5 Å². The summed E-state index contributed by atoms with van der Waals surface area (Å²) >= 11 is 0. The third-order valence-corrected chi connectivity index (χ3v) is 5.13. The van der Waals surface area contributed by atoms with Gasteiger partial charge >= 0.3 is 29.8 Å². The molecule has 1 unspecified atom stereocenters. The van der Waals surface area contributed by atoms with Crippen LogP contribution in [0.25, 0.3) is 0 Å². The number of unbranched alkanes of at least 4 members (excludes halogenated alkanes) is 1. The standard InChI is InChI=1S/C8H16O2.2C7H14O2.C6H12O2.C5H10O2/c1-5-7(9)10-8(3,4)6-2;1-4-6(3)9-7(8)5-2;1-3-5-6-9-7(8)4-2;1-3-5-8-6(7)4-2;1-3-5(6)7-4-2/h5-6H2,1-4H3;6H,4-5H2,1-3H3;3-6H2,1-2H3;3-5H2,1-2H3;3-4H2,1-2H3. The topological polar surface area (TPSA) is 132 Å². The fourth-order valence-corrected chi connectivity index (χ4v) is 1.86. The van der Waals surface area contributed by atoms with E-state index in [9.17, 15) is 24.0 Å². The quantitative estimate of drug-likeness (QED) is 0.101. The van der Waals surface area contributed by atoms with Gasteiger partial charge in [0.1, 0.15) is 5.60 Å². The van der Waals surface area contributed by atoms with Crippen LogP contribution in [0.4, 0.5) is 0 Å². The average Bonchev–Trinajstić information content (AvgIpc) is 3.00. The summed E-state index contributed by atoms with van der Waals surface area (Å²) in [4.78, 5) is 52.3. The molecule has 0 aromatic carbocycles. The van der Waals surface area contributed by atoms with Gasteiger partial charge in [0.15, 0.2) is 0 Å². The highest BCUT2D eigenvalue weighted by Gasteiger charge is 2.18. The summed E-state index contributed by atoms with van der Waals surface area (Å²) in [6.45, 7) is 26.2. The highest BCUT2D eigenvalue weighted by Crippen LogP contribution is 2.13. The minimum absolute atomic E-state index is 0.0810. The first kappa shape index (κ1) is 50.0. The average molecular weight is 623 g/mol. The first-order valence-electron chi connectivity index (χ1n) is 16.0. The lowest BCUT2D eigenvalue weighted by atomic mass is 10.1. The van der Waals surface area contributed by atoms with Crippen LogP contribution in [0, 0.1) is 0 Å². The molecule has 0 aliphatic carbocycles. The van der Waals surface area contributed by atoms with Crippen molar-refractivity contribution in [2.45, 2.75) is 166 Å². The number of hydrogen-bond donors (Lipinski definition) is 0. The molecule has 0 rings (SSSR count). The monoisotopic (exact) mass is 622 g/mol. The second-order valence-corrected chi connectivity index (χ2v) is 9.66. The van der Waals surface area contributed by atoms with Crippen molar-refractivity contribution in [3.05, 3.63) is 0 Å². The second kappa shape index (κ2) is 37.4. The number of carbonyl (C=O) groups is 5. The van der Waals surface area contributed by atoms with Crippen LogP contribution in [0.15, 0.2) is 0 Å². The number of rotatable bonds is 15. The maximum absolute atomic E-state index is 10.8. The molecular formula is C33H66O10. The van der Waals surface area contributed by atoms with Crippen LogP contribution in [-0.2, 0) is 47.7 Å². The normalized spacial score (nSPS) is 10.2. The zero-order chi connectivity index (χ0) is 34.7. The molecular weight excluding hydrogens is 556 g/mol. The van der Waals surface area contributed by atoms with Gasteiger partial charge in [0.2, 0.25) is 0 Å². The number of hydrogen-bond acceptors (Lipinski definition) is 10. The first-order valence-corrected chi connectivity index (χ1v) is 16.0. The van der Waals surface area contributed by atoms with Gasteiger partial charge in [-0.2, -0.15) is 0 Å². The SMILES string of the molecule is CCC(=O)OC(C)(C)CC.CCC(=O)OC(C)CC.CCCCOC(=O)CC.CCCOC(=O)CC.CCOC(=O)CC. The van der Waals surface area contributed by atoms with Gasteiger partial charge in [-0.1, -0.05) is 68.7 Å². The molecule has 0 saturated heterocycles. The van der Waals surface area contributed by atoms with E-state index in [1.54, 1.807) is 41.5 Å². The van der Waals surface area contributed by atoms with Crippen molar-refractivity contribution in [2.24, 2.45) is 0 Å². The largest absolute Gasteiger partial charge is 0.466 e. The lowest BCUT2D eigenvalue weighted by Crippen LogP contribution is -2.26. The van der Waals surface area contributed by atoms with E-state index in [0.29, 0.717) is 51.9 Å². The van der Waals surface area contributed by atoms with E-state index < -0.39 is 0 Å². The first-order chi connectivity index (χ1) is 20.1. The smallest absolute Gasteiger partial charge is 0.306 e. The van der Waals surface area contributed by atoms with E-state index >= 15 is 0 Å². The number of esters is 5. The Hall–Kier alpha value is -2.65. The molecule has 0 aliphatic rings. The van der Waals surface area contributed by atoms with E-state index in [1.165, 1.54) is 0 Å². The van der Waals surface area contributed by atoms with Crippen molar-refractivity contribution in [1.29, 1.82) is 0 Å². The Morgan fingerprint density at radius 1 is 0.558 bits per heavy atom. The predicted molar refractivity (Wildman–Crippen MR) is 172 cm³/mol. The summed E-state index contributed by atoms with van der Waals surface area (Å²) in [5, 5.41) is 0. The Kier molecular flexibility index (Phi) is 43.5. The Labute approximate surface area is 263 Å². The second-order valence-electron chi connectivity index (χ2n) is 9.66. The minimum Gasteiger partial charge on any atom is -0.466 e. The molecule has 0 amide bonds. The Balaban J connectivity index is -0.000000141. The van der Waals surface area contributed by atoms with Crippen LogP contribution in [0.3, 0.4) is 0 Å². The summed E-state index contributed by atoms with van der Waals surface area (Å²) in [5.41, 5.74) is -0.285. The van der Waals surface area contributed by atoms with E-state index in [0.717, 1.165) is 32.1 Å². The van der Waals surface area contributed by atoms with E-state index in [-0.39, 0.29) is 41.6 Å². The molecule has 0 aromatic rings. The van der Waals surface area contributed by atoms with Gasteiger partial charge in [-0.15, -0.1) is 0 Å². The molecule has 0 aliphatic heterocycles. The van der Waals surface area contributed by atoms with E-state index in [2.05, 4.69) is 11.7 Å². The molecule has 0 fully saturated rings. The van der Waals surface area contributed by atoms with Crippen LogP contribution in [-0.4, -0.2) is 61.4 Å². The van der Waals surface area contributed by atoms with Crippen molar-refractivity contribution < 1.29 is 47.7 Å². The molecule has 43 heavy (non-hydrogen) atoms. The van der Waals surface area contributed by atoms with Gasteiger partial charge in [0.25, 0.3) is 0 Å². The van der Waals surface area contributed by atoms with Crippen LogP contribution in [0.5, 0.6) is 0 Å². The lowest BCUT2D eigenvalue weighted by molar-refractivity contribution is -0.156. The third kappa shape index (κ3) is 49.4. The summed E-state index contributed by atoms with van der Waals surface area (Å²) in [7, 11) is 0. The van der Waals surface area contributed by atoms with E-state index in [4.69, 9.17) is 18.9 Å². The summed E-state index contributed by atoms with van der Waals surface area (Å²) in [6.07, 6.45) is 7.20. The summed E-state index contributed by atoms with van der Waals surface area (Å²) in [5.74, 6) is -0.547. The van der Waals surface area contributed by atoms with Crippen molar-refractivity contribution in [3.8, 4) is 0 Å². The molecule has 0 heterocycles. The van der Waals surface area contributed by atoms with Crippen LogP contribution < -0.4 is 0 Å². The maximum Gasteiger partial charge on any atom is 0.306 e. The van der Waals surface area contributed by atoms with Crippen molar-refractivity contribution in [3.63, 3.8) is 0 Å². The van der Waals surface area contributed by atoms with Crippen LogP contribution in [0.2, 0.25) is 0 Å². The van der Waals surface area contributed by atoms with Gasteiger partial charge in [-0.3, -0.25) is 24.0 Å². The highest BCUT2D eigenvalue weighted by molar-refractivity contribution is 5.70. The Bertz CT molecular complexity index is 675. The number of carbonyl (C=O) groups excluding carboxylic acids is 5. The molecule has 0 aromatic heterocycles. The van der Waals surface area contributed by atoms with Gasteiger partial charge in [-0.25, -0.2) is 0 Å². The summed E-state index contributed by atoms with van der Waals surface area (Å²) in [6, 6.07) is 0. The van der Waals surface area contributed by atoms with Gasteiger partial charge in [0.05, 0.1) is 25.9 Å². The zero-order valence-electron chi connectivity index (χ0n) is 29.9. The molecule has 258 valence electrons. The predicted octanol–water partition coefficient (Wildman–Crippen LogP) is 7.92. The van der Waals surface area contributed by atoms with Crippen LogP contribution in [0.1, 0.15) is 154 Å². The summed E-state index contributed by atoms with van der Waals surface area (Å²) < 4.78 is 24.1. The van der Waals surface area contributed by atoms with Crippen molar-refractivity contribution in [2.75, 3.05) is 19.8 Å². The molecule has 10 nitrogen and oxygen atoms in total. The number of ether oxygens (including phenoxy) is 5. The molecule has 0 bridgehead atoms. The molecule has 0 radical (unpaired) electrons. The third-order valence-electron chi connectivity index (χ3n) is 5.13. The lowest BCUT2D eigenvalue weighted by Gasteiger charge is -2.22. The maximum atomic E-state index is 10.8. The van der Waals surface area contributed by atoms with Crippen molar-refractivity contribution >= 4 is 29.8 Å². The molecule has 0 saturated carbocycles. The Morgan fingerprint density at radius 3 is 1.28 bits per heavy atom. The zero-order valence-corrected chi connectivity index (χ0v) is 29.9. The minimum atomic E-state index is -0.285. The highest BCUT2D eigenvalue weighted by atomic mass is 16.6. The van der Waals surface area contributed by atoms with Gasteiger partial charge in [0, 0.05) is 32.1 Å². The van der Waals surface area contributed by atoms with Crippen LogP contribution >= 0.6 is 0 Å². The fourth-order valence-electron chi connectivity index (χ4n) is 1.86. The fraction of sp³-hybridized carbons (Fsp3) is 0.848. The van der Waals surface area contributed by atoms with Gasteiger partial charge < -0.3 is 23.7 Å². The molecule has 1 atom stereocenters.